The molecule has 0 aromatic heterocycles. The van der Waals surface area contributed by atoms with E-state index in [1.807, 2.05) is 6.92 Å². The smallest absolute Gasteiger partial charge is 0.257 e. The molecule has 2 rings (SSSR count). The lowest BCUT2D eigenvalue weighted by molar-refractivity contribution is 0.0766. The van der Waals surface area contributed by atoms with Crippen LogP contribution in [0.5, 0.6) is 5.75 Å². The van der Waals surface area contributed by atoms with Crippen LogP contribution >= 0.6 is 0 Å². The van der Waals surface area contributed by atoms with Crippen molar-refractivity contribution in [2.24, 2.45) is 0 Å². The summed E-state index contributed by atoms with van der Waals surface area (Å²) in [6.45, 7) is 2.64. The van der Waals surface area contributed by atoms with Gasteiger partial charge in [-0.15, -0.1) is 0 Å². The number of sulfone groups is 1. The summed E-state index contributed by atoms with van der Waals surface area (Å²) in [6.07, 6.45) is 0. The molecule has 0 bridgehead atoms. The van der Waals surface area contributed by atoms with E-state index in [0.29, 0.717) is 23.6 Å². The average molecular weight is 298 g/mol. The number of nitrogens with two attached hydrogens (primary N) is 1. The number of carbonyl (C=O) groups is 1. The maximum Gasteiger partial charge on any atom is 0.257 e. The molecule has 2 N–H and O–H groups in total. The van der Waals surface area contributed by atoms with E-state index in [2.05, 4.69) is 0 Å². The highest BCUT2D eigenvalue weighted by atomic mass is 32.2. The van der Waals surface area contributed by atoms with E-state index in [4.69, 9.17) is 10.5 Å². The lowest BCUT2D eigenvalue weighted by Gasteiger charge is -2.27. The normalized spacial score (nSPS) is 17.8. The van der Waals surface area contributed by atoms with Crippen molar-refractivity contribution in [3.63, 3.8) is 0 Å². The van der Waals surface area contributed by atoms with Gasteiger partial charge in [0.15, 0.2) is 15.6 Å². The Kier molecular flexibility index (Phi) is 4.17. The molecule has 1 heterocycles. The van der Waals surface area contributed by atoms with Crippen LogP contribution in [0, 0.1) is 0 Å². The summed E-state index contributed by atoms with van der Waals surface area (Å²) < 4.78 is 28.2. The Balaban J connectivity index is 2.24. The molecule has 110 valence electrons. The Morgan fingerprint density at radius 3 is 2.60 bits per heavy atom. The van der Waals surface area contributed by atoms with E-state index in [-0.39, 0.29) is 30.5 Å². The Morgan fingerprint density at radius 1 is 1.35 bits per heavy atom. The van der Waals surface area contributed by atoms with Crippen molar-refractivity contribution in [2.75, 3.05) is 36.9 Å². The summed E-state index contributed by atoms with van der Waals surface area (Å²) in [4.78, 5) is 14.0. The summed E-state index contributed by atoms with van der Waals surface area (Å²) in [5.41, 5.74) is 6.61. The standard InChI is InChI=1S/C13H18N2O4S/c1-2-19-12-10(4-3-5-11(12)14)13(16)15-6-8-20(17,18)9-7-15/h3-5H,2,6-9,14H2,1H3. The number of amides is 1. The largest absolute Gasteiger partial charge is 0.491 e. The molecule has 7 heteroatoms. The van der Waals surface area contributed by atoms with E-state index in [9.17, 15) is 13.2 Å². The Hall–Kier alpha value is -1.76. The number of para-hydroxylation sites is 1. The Bertz CT molecular complexity index is 599. The van der Waals surface area contributed by atoms with Crippen molar-refractivity contribution in [1.29, 1.82) is 0 Å². The predicted octanol–water partition coefficient (Wildman–Crippen LogP) is 0.538. The van der Waals surface area contributed by atoms with Gasteiger partial charge in [-0.05, 0) is 19.1 Å². The number of nitrogen functional groups attached to an aromatic ring is 1. The molecule has 20 heavy (non-hydrogen) atoms. The number of hydrogen-bond donors (Lipinski definition) is 1. The molecule has 0 atom stereocenters. The average Bonchev–Trinajstić information content (AvgIpc) is 2.40. The van der Waals surface area contributed by atoms with Crippen molar-refractivity contribution in [3.8, 4) is 5.75 Å². The molecule has 1 aliphatic heterocycles. The van der Waals surface area contributed by atoms with Crippen molar-refractivity contribution in [1.82, 2.24) is 4.90 Å². The number of nitrogens with zero attached hydrogens (tertiary/aromatic N) is 1. The zero-order valence-electron chi connectivity index (χ0n) is 11.3. The van der Waals surface area contributed by atoms with Gasteiger partial charge < -0.3 is 15.4 Å². The minimum atomic E-state index is -3.01. The second-order valence-electron chi connectivity index (χ2n) is 4.60. The van der Waals surface area contributed by atoms with Gasteiger partial charge in [-0.2, -0.15) is 0 Å². The second-order valence-corrected chi connectivity index (χ2v) is 6.90. The second kappa shape index (κ2) is 5.70. The molecule has 0 radical (unpaired) electrons. The van der Waals surface area contributed by atoms with Crippen LogP contribution in [0.25, 0.3) is 0 Å². The van der Waals surface area contributed by atoms with E-state index in [0.717, 1.165) is 0 Å². The molecular weight excluding hydrogens is 280 g/mol. The van der Waals surface area contributed by atoms with E-state index in [1.165, 1.54) is 4.90 Å². The quantitative estimate of drug-likeness (QED) is 0.823. The monoisotopic (exact) mass is 298 g/mol. The van der Waals surface area contributed by atoms with Gasteiger partial charge in [-0.1, -0.05) is 6.07 Å². The summed E-state index contributed by atoms with van der Waals surface area (Å²) in [5, 5.41) is 0. The van der Waals surface area contributed by atoms with Gasteiger partial charge in [-0.3, -0.25) is 4.79 Å². The third-order valence-corrected chi connectivity index (χ3v) is 4.81. The van der Waals surface area contributed by atoms with Crippen molar-refractivity contribution in [3.05, 3.63) is 23.8 Å². The summed E-state index contributed by atoms with van der Waals surface area (Å²) >= 11 is 0. The lowest BCUT2D eigenvalue weighted by atomic mass is 10.1. The van der Waals surface area contributed by atoms with Gasteiger partial charge in [0.25, 0.3) is 5.91 Å². The first-order valence-corrected chi connectivity index (χ1v) is 8.27. The fourth-order valence-corrected chi connectivity index (χ4v) is 3.32. The molecule has 0 aliphatic carbocycles. The molecule has 0 saturated carbocycles. The molecule has 6 nitrogen and oxygen atoms in total. The molecule has 1 aromatic rings. The first kappa shape index (κ1) is 14.6. The van der Waals surface area contributed by atoms with Crippen LogP contribution in [0.15, 0.2) is 18.2 Å². The summed E-state index contributed by atoms with van der Waals surface area (Å²) in [7, 11) is -3.01. The van der Waals surface area contributed by atoms with Crippen LogP contribution < -0.4 is 10.5 Å². The lowest BCUT2D eigenvalue weighted by Crippen LogP contribution is -2.43. The molecule has 1 saturated heterocycles. The fraction of sp³-hybridized carbons (Fsp3) is 0.462. The van der Waals surface area contributed by atoms with E-state index >= 15 is 0 Å². The molecule has 1 aromatic carbocycles. The van der Waals surface area contributed by atoms with Gasteiger partial charge in [0.05, 0.1) is 29.4 Å². The summed E-state index contributed by atoms with van der Waals surface area (Å²) in [5.74, 6) is 0.139. The van der Waals surface area contributed by atoms with Crippen molar-refractivity contribution in [2.45, 2.75) is 6.92 Å². The third kappa shape index (κ3) is 3.04. The maximum atomic E-state index is 12.5. The van der Waals surface area contributed by atoms with Crippen LogP contribution in [0.1, 0.15) is 17.3 Å². The highest BCUT2D eigenvalue weighted by Crippen LogP contribution is 2.28. The van der Waals surface area contributed by atoms with Gasteiger partial charge in [-0.25, -0.2) is 8.42 Å². The first-order valence-electron chi connectivity index (χ1n) is 6.45. The van der Waals surface area contributed by atoms with Crippen LogP contribution in [-0.4, -0.2) is 50.4 Å². The Morgan fingerprint density at radius 2 is 2.00 bits per heavy atom. The Labute approximate surface area is 118 Å². The minimum Gasteiger partial charge on any atom is -0.491 e. The number of anilines is 1. The van der Waals surface area contributed by atoms with Gasteiger partial charge in [0.2, 0.25) is 0 Å². The number of ether oxygens (including phenoxy) is 1. The van der Waals surface area contributed by atoms with E-state index in [1.54, 1.807) is 18.2 Å². The molecule has 0 unspecified atom stereocenters. The minimum absolute atomic E-state index is 0.00498. The number of hydrogen-bond acceptors (Lipinski definition) is 5. The zero-order chi connectivity index (χ0) is 14.8. The van der Waals surface area contributed by atoms with Crippen LogP contribution in [-0.2, 0) is 9.84 Å². The molecule has 0 spiro atoms. The number of benzene rings is 1. The highest BCUT2D eigenvalue weighted by molar-refractivity contribution is 7.91. The molecule has 1 aliphatic rings. The SMILES string of the molecule is CCOc1c(N)cccc1C(=O)N1CCS(=O)(=O)CC1. The van der Waals surface area contributed by atoms with Crippen molar-refractivity contribution >= 4 is 21.4 Å². The molecular formula is C13H18N2O4S. The topological polar surface area (TPSA) is 89.7 Å². The molecule has 1 amide bonds. The predicted molar refractivity (Wildman–Crippen MR) is 76.6 cm³/mol. The van der Waals surface area contributed by atoms with Crippen LogP contribution in [0.3, 0.4) is 0 Å². The van der Waals surface area contributed by atoms with Crippen molar-refractivity contribution < 1.29 is 17.9 Å². The highest BCUT2D eigenvalue weighted by Gasteiger charge is 2.27. The van der Waals surface area contributed by atoms with Gasteiger partial charge in [0.1, 0.15) is 0 Å². The van der Waals surface area contributed by atoms with Gasteiger partial charge >= 0.3 is 0 Å². The van der Waals surface area contributed by atoms with Gasteiger partial charge in [0, 0.05) is 13.1 Å². The third-order valence-electron chi connectivity index (χ3n) is 3.20. The van der Waals surface area contributed by atoms with E-state index < -0.39 is 9.84 Å². The number of rotatable bonds is 3. The number of carbonyl (C=O) groups excluding carboxylic acids is 1. The zero-order valence-corrected chi connectivity index (χ0v) is 12.1. The van der Waals surface area contributed by atoms with Crippen LogP contribution in [0.2, 0.25) is 0 Å². The maximum absolute atomic E-state index is 12.5. The fourth-order valence-electron chi connectivity index (χ4n) is 2.11. The summed E-state index contributed by atoms with van der Waals surface area (Å²) in [6, 6.07) is 5.00. The molecule has 1 fully saturated rings. The van der Waals surface area contributed by atoms with Crippen LogP contribution in [0.4, 0.5) is 5.69 Å². The first-order chi connectivity index (χ1) is 9.44.